The quantitative estimate of drug-likeness (QED) is 0.497. The Labute approximate surface area is 107 Å². The minimum atomic E-state index is -0.0244. The molecule has 1 nitrogen and oxygen atoms in total. The molecule has 0 spiro atoms. The first kappa shape index (κ1) is 13.2. The second-order valence-electron chi connectivity index (χ2n) is 6.89. The zero-order chi connectivity index (χ0) is 12.5. The summed E-state index contributed by atoms with van der Waals surface area (Å²) in [6.45, 7) is 11.1. The highest BCUT2D eigenvalue weighted by Gasteiger charge is 2.43. The Balaban J connectivity index is 2.21. The number of hydrogen-bond acceptors (Lipinski definition) is 1. The summed E-state index contributed by atoms with van der Waals surface area (Å²) in [7, 11) is 0. The Bertz CT molecular complexity index is 259. The van der Waals surface area contributed by atoms with Crippen LogP contribution in [0.1, 0.15) is 59.3 Å². The number of hydrogen-bond donors (Lipinski definition) is 0. The van der Waals surface area contributed by atoms with Gasteiger partial charge in [0.05, 0.1) is 0 Å². The predicted octanol–water partition coefficient (Wildman–Crippen LogP) is 4.70. The summed E-state index contributed by atoms with van der Waals surface area (Å²) in [4.78, 5) is 0. The van der Waals surface area contributed by atoms with Crippen molar-refractivity contribution < 1.29 is 4.65 Å². The maximum absolute atomic E-state index is 6.40. The lowest BCUT2D eigenvalue weighted by atomic mass is 9.44. The van der Waals surface area contributed by atoms with Gasteiger partial charge in [-0.1, -0.05) is 44.6 Å². The summed E-state index contributed by atoms with van der Waals surface area (Å²) >= 11 is 0. The van der Waals surface area contributed by atoms with Crippen molar-refractivity contribution in [2.45, 2.75) is 76.5 Å². The summed E-state index contributed by atoms with van der Waals surface area (Å²) in [5.74, 6) is 2.18. The van der Waals surface area contributed by atoms with E-state index < -0.39 is 0 Å². The van der Waals surface area contributed by atoms with Crippen LogP contribution in [0.3, 0.4) is 0 Å². The van der Waals surface area contributed by atoms with E-state index >= 15 is 0 Å². The van der Waals surface area contributed by atoms with Gasteiger partial charge in [0.25, 0.3) is 0 Å². The van der Waals surface area contributed by atoms with Crippen LogP contribution in [0.4, 0.5) is 0 Å². The van der Waals surface area contributed by atoms with Gasteiger partial charge in [0.1, 0.15) is 0 Å². The number of allylic oxidation sites excluding steroid dienone is 1. The van der Waals surface area contributed by atoms with Gasteiger partial charge < -0.3 is 4.65 Å². The molecule has 96 valence electrons. The van der Waals surface area contributed by atoms with Crippen molar-refractivity contribution in [2.24, 2.45) is 5.92 Å². The van der Waals surface area contributed by atoms with E-state index in [4.69, 9.17) is 4.65 Å². The van der Waals surface area contributed by atoms with Crippen molar-refractivity contribution in [1.82, 2.24) is 0 Å². The molecule has 0 aromatic rings. The molecule has 2 aliphatic rings. The van der Waals surface area contributed by atoms with Crippen LogP contribution in [-0.4, -0.2) is 12.5 Å². The van der Waals surface area contributed by atoms with Gasteiger partial charge in [-0.2, -0.15) is 0 Å². The average molecular weight is 234 g/mol. The summed E-state index contributed by atoms with van der Waals surface area (Å²) < 4.78 is 6.40. The first-order valence-electron chi connectivity index (χ1n) is 7.31. The number of fused-ring (bicyclic) bond motifs is 3. The van der Waals surface area contributed by atoms with Gasteiger partial charge in [0.15, 0.2) is 0 Å². The smallest absolute Gasteiger partial charge is 0.304 e. The van der Waals surface area contributed by atoms with Gasteiger partial charge >= 0.3 is 6.92 Å². The fraction of sp³-hybridized carbons (Fsp3) is 0.867. The van der Waals surface area contributed by atoms with Crippen LogP contribution in [0, 0.1) is 5.92 Å². The van der Waals surface area contributed by atoms with Gasteiger partial charge in [-0.05, 0) is 38.3 Å². The second-order valence-corrected chi connectivity index (χ2v) is 6.89. The number of rotatable bonds is 2. The topological polar surface area (TPSA) is 9.23 Å². The molecule has 1 atom stereocenters. The van der Waals surface area contributed by atoms with Crippen molar-refractivity contribution in [3.8, 4) is 0 Å². The Kier molecular flexibility index (Phi) is 4.02. The Morgan fingerprint density at radius 2 is 1.71 bits per heavy atom. The minimum absolute atomic E-state index is 0.0244. The standard InChI is InChI=1S/C15H27BO/c1-5-14-12-8-6-10-13(11-7-9-12)16(14)17-15(2,3)4/h5,12-14H,1,6-11H2,2-4H3. The maximum atomic E-state index is 6.40. The highest BCUT2D eigenvalue weighted by molar-refractivity contribution is 6.56. The molecule has 2 aliphatic heterocycles. The lowest BCUT2D eigenvalue weighted by Gasteiger charge is -2.33. The van der Waals surface area contributed by atoms with Gasteiger partial charge in [0.2, 0.25) is 0 Å². The molecule has 0 amide bonds. The van der Waals surface area contributed by atoms with Crippen molar-refractivity contribution in [1.29, 1.82) is 0 Å². The third kappa shape index (κ3) is 3.16. The maximum Gasteiger partial charge on any atom is 0.304 e. The second kappa shape index (κ2) is 5.18. The summed E-state index contributed by atoms with van der Waals surface area (Å²) in [6.07, 6.45) is 10.5. The molecule has 0 aromatic carbocycles. The zero-order valence-corrected chi connectivity index (χ0v) is 11.7. The van der Waals surface area contributed by atoms with E-state index in [1.165, 1.54) is 38.5 Å². The van der Waals surface area contributed by atoms with E-state index in [9.17, 15) is 0 Å². The molecule has 2 heteroatoms. The van der Waals surface area contributed by atoms with Crippen LogP contribution in [0.5, 0.6) is 0 Å². The summed E-state index contributed by atoms with van der Waals surface area (Å²) in [5, 5.41) is 0. The average Bonchev–Trinajstić information content (AvgIpc) is 2.42. The van der Waals surface area contributed by atoms with Crippen molar-refractivity contribution in [3.63, 3.8) is 0 Å². The largest absolute Gasteiger partial charge is 0.431 e. The van der Waals surface area contributed by atoms with Crippen LogP contribution in [0.15, 0.2) is 12.7 Å². The first-order chi connectivity index (χ1) is 8.01. The highest BCUT2D eigenvalue weighted by Crippen LogP contribution is 2.48. The molecule has 2 bridgehead atoms. The normalized spacial score (nSPS) is 34.3. The molecule has 0 radical (unpaired) electrons. The molecule has 2 saturated heterocycles. The minimum Gasteiger partial charge on any atom is -0.431 e. The third-order valence-electron chi connectivity index (χ3n) is 4.45. The molecule has 2 heterocycles. The van der Waals surface area contributed by atoms with Crippen molar-refractivity contribution >= 4 is 6.92 Å². The van der Waals surface area contributed by atoms with E-state index in [1.54, 1.807) is 0 Å². The molecule has 0 saturated carbocycles. The Hall–Kier alpha value is -0.235. The van der Waals surface area contributed by atoms with Gasteiger partial charge in [-0.3, -0.25) is 0 Å². The lowest BCUT2D eigenvalue weighted by Crippen LogP contribution is -2.37. The van der Waals surface area contributed by atoms with Crippen molar-refractivity contribution in [2.75, 3.05) is 0 Å². The molecule has 2 rings (SSSR count). The molecule has 2 fully saturated rings. The van der Waals surface area contributed by atoms with Gasteiger partial charge in [0, 0.05) is 5.60 Å². The molecule has 1 unspecified atom stereocenters. The van der Waals surface area contributed by atoms with Crippen molar-refractivity contribution in [3.05, 3.63) is 12.7 Å². The van der Waals surface area contributed by atoms with E-state index in [0.29, 0.717) is 12.7 Å². The Morgan fingerprint density at radius 1 is 1.12 bits per heavy atom. The lowest BCUT2D eigenvalue weighted by molar-refractivity contribution is 0.121. The van der Waals surface area contributed by atoms with E-state index in [0.717, 1.165) is 11.7 Å². The van der Waals surface area contributed by atoms with Gasteiger partial charge in [-0.15, -0.1) is 6.58 Å². The SMILES string of the molecule is C=CC1B(OC(C)(C)C)C2CCCC1CCC2. The monoisotopic (exact) mass is 234 g/mol. The molecule has 17 heavy (non-hydrogen) atoms. The van der Waals surface area contributed by atoms with E-state index in [2.05, 4.69) is 33.4 Å². The summed E-state index contributed by atoms with van der Waals surface area (Å²) in [5.41, 5.74) is -0.0244. The van der Waals surface area contributed by atoms with Crippen LogP contribution < -0.4 is 0 Å². The molecule has 0 aliphatic carbocycles. The highest BCUT2D eigenvalue weighted by atomic mass is 16.5. The predicted molar refractivity (Wildman–Crippen MR) is 75.5 cm³/mol. The third-order valence-corrected chi connectivity index (χ3v) is 4.45. The van der Waals surface area contributed by atoms with Crippen LogP contribution in [-0.2, 0) is 4.65 Å². The Morgan fingerprint density at radius 3 is 2.18 bits per heavy atom. The van der Waals surface area contributed by atoms with E-state index in [1.807, 2.05) is 0 Å². The van der Waals surface area contributed by atoms with Crippen LogP contribution in [0.25, 0.3) is 0 Å². The molecular weight excluding hydrogens is 207 g/mol. The van der Waals surface area contributed by atoms with Gasteiger partial charge in [-0.25, -0.2) is 0 Å². The van der Waals surface area contributed by atoms with Crippen LogP contribution in [0.2, 0.25) is 11.6 Å². The fourth-order valence-corrected chi connectivity index (χ4v) is 3.78. The first-order valence-corrected chi connectivity index (χ1v) is 7.31. The molecule has 0 N–H and O–H groups in total. The zero-order valence-electron chi connectivity index (χ0n) is 11.7. The van der Waals surface area contributed by atoms with E-state index in [-0.39, 0.29) is 5.60 Å². The fourth-order valence-electron chi connectivity index (χ4n) is 3.78. The van der Waals surface area contributed by atoms with Crippen LogP contribution >= 0.6 is 0 Å². The molecular formula is C15H27BO. The molecule has 0 aromatic heterocycles. The summed E-state index contributed by atoms with van der Waals surface area (Å²) in [6, 6.07) is 0.